The first-order valence-electron chi connectivity index (χ1n) is 10.5. The van der Waals surface area contributed by atoms with Gasteiger partial charge in [-0.1, -0.05) is 66.7 Å². The van der Waals surface area contributed by atoms with Crippen LogP contribution in [-0.4, -0.2) is 19.3 Å². The largest absolute Gasteiger partial charge is 0.324 e. The van der Waals surface area contributed by atoms with Crippen molar-refractivity contribution < 1.29 is 0 Å². The smallest absolute Gasteiger partial charge is 0.284 e. The van der Waals surface area contributed by atoms with Gasteiger partial charge in [-0.3, -0.25) is 4.79 Å². The van der Waals surface area contributed by atoms with E-state index in [1.807, 2.05) is 36.4 Å². The topological polar surface area (TPSA) is 52.7 Å². The highest BCUT2D eigenvalue weighted by molar-refractivity contribution is 7.99. The van der Waals surface area contributed by atoms with Gasteiger partial charge >= 0.3 is 0 Å². The van der Waals surface area contributed by atoms with Crippen LogP contribution in [0.5, 0.6) is 0 Å². The normalized spacial score (nSPS) is 15.0. The zero-order chi connectivity index (χ0) is 20.5. The van der Waals surface area contributed by atoms with Crippen molar-refractivity contribution in [3.63, 3.8) is 0 Å². The zero-order valence-corrected chi connectivity index (χ0v) is 17.8. The third-order valence-corrected chi connectivity index (χ3v) is 6.87. The lowest BCUT2D eigenvalue weighted by Crippen LogP contribution is -2.19. The predicted octanol–water partition coefficient (Wildman–Crippen LogP) is 5.11. The van der Waals surface area contributed by atoms with Gasteiger partial charge in [0.25, 0.3) is 5.56 Å². The molecule has 3 aliphatic rings. The molecular formula is C24H24N4OS. The first kappa shape index (κ1) is 19.1. The van der Waals surface area contributed by atoms with Gasteiger partial charge in [-0.2, -0.15) is 4.68 Å². The summed E-state index contributed by atoms with van der Waals surface area (Å²) in [6, 6.07) is 20.1. The van der Waals surface area contributed by atoms with Crippen LogP contribution in [0.15, 0.2) is 70.6 Å². The SMILES string of the molecule is CC(Sc1nc2nn(-c3ccccc3)c(=O)c-2c2n1CCCCC2)c1ccccc1. The molecule has 0 spiro atoms. The molecule has 0 aliphatic carbocycles. The summed E-state index contributed by atoms with van der Waals surface area (Å²) in [5.41, 5.74) is 3.75. The molecular weight excluding hydrogens is 392 g/mol. The number of nitrogens with zero attached hydrogens (tertiary/aromatic N) is 4. The van der Waals surface area contributed by atoms with E-state index in [0.29, 0.717) is 11.4 Å². The Hall–Kier alpha value is -2.86. The summed E-state index contributed by atoms with van der Waals surface area (Å²) in [7, 11) is 0. The van der Waals surface area contributed by atoms with Crippen molar-refractivity contribution in [1.29, 1.82) is 0 Å². The van der Waals surface area contributed by atoms with Crippen LogP contribution < -0.4 is 5.56 Å². The van der Waals surface area contributed by atoms with Crippen LogP contribution in [0, 0.1) is 0 Å². The standard InChI is InChI=1S/C24H24N4OS/c1-17(18-11-5-2-6-12-18)30-24-25-22-21(20-15-9-4-10-16-27(20)24)23(29)28(26-22)19-13-7-3-8-14-19/h2-3,5-8,11-14,17H,4,9-10,15-16H2,1H3. The molecule has 1 unspecified atom stereocenters. The van der Waals surface area contributed by atoms with Crippen LogP contribution in [0.3, 0.4) is 0 Å². The Morgan fingerprint density at radius 2 is 1.70 bits per heavy atom. The van der Waals surface area contributed by atoms with E-state index in [-0.39, 0.29) is 10.8 Å². The van der Waals surface area contributed by atoms with Gasteiger partial charge in [0.05, 0.1) is 5.69 Å². The maximum atomic E-state index is 13.3. The van der Waals surface area contributed by atoms with E-state index in [0.717, 1.165) is 42.3 Å². The van der Waals surface area contributed by atoms with Gasteiger partial charge in [-0.25, -0.2) is 4.98 Å². The molecule has 5 rings (SSSR count). The first-order valence-corrected chi connectivity index (χ1v) is 11.4. The van der Waals surface area contributed by atoms with Gasteiger partial charge in [0.1, 0.15) is 5.56 Å². The molecule has 0 N–H and O–H groups in total. The van der Waals surface area contributed by atoms with Crippen molar-refractivity contribution in [1.82, 2.24) is 19.3 Å². The van der Waals surface area contributed by atoms with E-state index in [1.165, 1.54) is 16.7 Å². The summed E-state index contributed by atoms with van der Waals surface area (Å²) in [5, 5.41) is 5.84. The highest BCUT2D eigenvalue weighted by Gasteiger charge is 2.27. The van der Waals surface area contributed by atoms with Crippen LogP contribution in [0.4, 0.5) is 0 Å². The van der Waals surface area contributed by atoms with Crippen LogP contribution in [0.25, 0.3) is 17.1 Å². The van der Waals surface area contributed by atoms with Crippen LogP contribution in [0.2, 0.25) is 0 Å². The molecule has 5 nitrogen and oxygen atoms in total. The fraction of sp³-hybridized carbons (Fsp3) is 0.292. The Balaban J connectivity index is 1.65. The quantitative estimate of drug-likeness (QED) is 0.342. The Morgan fingerprint density at radius 1 is 0.967 bits per heavy atom. The Morgan fingerprint density at radius 3 is 2.47 bits per heavy atom. The number of para-hydroxylation sites is 1. The maximum Gasteiger partial charge on any atom is 0.284 e. The molecule has 0 amide bonds. The van der Waals surface area contributed by atoms with Gasteiger partial charge in [0.15, 0.2) is 11.0 Å². The van der Waals surface area contributed by atoms with E-state index in [4.69, 9.17) is 4.98 Å². The summed E-state index contributed by atoms with van der Waals surface area (Å²) in [5.74, 6) is 0.555. The van der Waals surface area contributed by atoms with Crippen molar-refractivity contribution in [2.75, 3.05) is 0 Å². The van der Waals surface area contributed by atoms with E-state index in [9.17, 15) is 4.79 Å². The summed E-state index contributed by atoms with van der Waals surface area (Å²) in [6.07, 6.45) is 4.26. The molecule has 2 aromatic carbocycles. The number of hydrogen-bond acceptors (Lipinski definition) is 4. The summed E-state index contributed by atoms with van der Waals surface area (Å²) < 4.78 is 3.77. The lowest BCUT2D eigenvalue weighted by Gasteiger charge is -2.20. The number of aromatic nitrogens is 4. The van der Waals surface area contributed by atoms with Gasteiger partial charge in [-0.05, 0) is 43.9 Å². The molecule has 1 atom stereocenters. The lowest BCUT2D eigenvalue weighted by molar-refractivity contribution is 0.570. The molecule has 3 heterocycles. The molecule has 0 fully saturated rings. The third kappa shape index (κ3) is 3.45. The zero-order valence-electron chi connectivity index (χ0n) is 17.0. The minimum absolute atomic E-state index is 0.0676. The molecule has 0 saturated heterocycles. The molecule has 152 valence electrons. The average molecular weight is 417 g/mol. The van der Waals surface area contributed by atoms with Crippen molar-refractivity contribution in [3.8, 4) is 17.1 Å². The number of benzene rings is 2. The molecule has 0 aromatic heterocycles. The Labute approximate surface area is 180 Å². The fourth-order valence-electron chi connectivity index (χ4n) is 4.14. The highest BCUT2D eigenvalue weighted by Crippen LogP contribution is 2.37. The van der Waals surface area contributed by atoms with Gasteiger partial charge < -0.3 is 4.57 Å². The lowest BCUT2D eigenvalue weighted by atomic mass is 10.1. The second-order valence-corrected chi connectivity index (χ2v) is 9.03. The van der Waals surface area contributed by atoms with E-state index < -0.39 is 0 Å². The Kier molecular flexibility index (Phi) is 5.17. The monoisotopic (exact) mass is 416 g/mol. The predicted molar refractivity (Wildman–Crippen MR) is 121 cm³/mol. The molecule has 30 heavy (non-hydrogen) atoms. The van der Waals surface area contributed by atoms with Gasteiger partial charge in [-0.15, -0.1) is 5.10 Å². The van der Waals surface area contributed by atoms with E-state index >= 15 is 0 Å². The number of hydrogen-bond donors (Lipinski definition) is 0. The van der Waals surface area contributed by atoms with Crippen molar-refractivity contribution in [3.05, 3.63) is 82.3 Å². The third-order valence-electron chi connectivity index (χ3n) is 5.72. The second kappa shape index (κ2) is 8.11. The molecule has 3 aliphatic heterocycles. The fourth-order valence-corrected chi connectivity index (χ4v) is 5.22. The van der Waals surface area contributed by atoms with Gasteiger partial charge in [0, 0.05) is 17.5 Å². The minimum Gasteiger partial charge on any atom is -0.324 e. The summed E-state index contributed by atoms with van der Waals surface area (Å²) >= 11 is 1.75. The van der Waals surface area contributed by atoms with Crippen molar-refractivity contribution >= 4 is 11.8 Å². The number of thioether (sulfide) groups is 1. The molecule has 0 radical (unpaired) electrons. The summed E-state index contributed by atoms with van der Waals surface area (Å²) in [4.78, 5) is 18.2. The Bertz CT molecular complexity index is 1180. The van der Waals surface area contributed by atoms with Crippen LogP contribution in [0.1, 0.15) is 42.7 Å². The molecule has 0 saturated carbocycles. The van der Waals surface area contributed by atoms with Crippen LogP contribution in [-0.2, 0) is 13.0 Å². The number of rotatable bonds is 4. The van der Waals surface area contributed by atoms with E-state index in [2.05, 4.69) is 40.9 Å². The molecule has 6 heteroatoms. The maximum absolute atomic E-state index is 13.3. The second-order valence-electron chi connectivity index (χ2n) is 7.73. The molecule has 2 aromatic rings. The van der Waals surface area contributed by atoms with Crippen molar-refractivity contribution in [2.45, 2.75) is 49.6 Å². The highest BCUT2D eigenvalue weighted by atomic mass is 32.2. The summed E-state index contributed by atoms with van der Waals surface area (Å²) in [6.45, 7) is 3.11. The first-order chi connectivity index (χ1) is 14.7. The molecule has 0 bridgehead atoms. The number of fused-ring (bicyclic) bond motifs is 3. The minimum atomic E-state index is -0.0676. The van der Waals surface area contributed by atoms with Crippen molar-refractivity contribution in [2.24, 2.45) is 0 Å². The van der Waals surface area contributed by atoms with Gasteiger partial charge in [0.2, 0.25) is 0 Å². The van der Waals surface area contributed by atoms with Crippen LogP contribution >= 0.6 is 11.8 Å². The average Bonchev–Trinajstić information content (AvgIpc) is 2.95. The van der Waals surface area contributed by atoms with E-state index in [1.54, 1.807) is 11.8 Å².